The van der Waals surface area contributed by atoms with Crippen molar-refractivity contribution in [3.8, 4) is 0 Å². The van der Waals surface area contributed by atoms with Crippen LogP contribution in [0.25, 0.3) is 0 Å². The SMILES string of the molecule is Cc1ccc(Cn2ncc(C(=O)O)c2C(F)(F)F)cc1. The molecule has 4 nitrogen and oxygen atoms in total. The fourth-order valence-electron chi connectivity index (χ4n) is 1.83. The van der Waals surface area contributed by atoms with E-state index < -0.39 is 23.4 Å². The van der Waals surface area contributed by atoms with Crippen molar-refractivity contribution in [2.24, 2.45) is 0 Å². The molecule has 1 heterocycles. The number of hydrogen-bond acceptors (Lipinski definition) is 2. The highest BCUT2D eigenvalue weighted by atomic mass is 19.4. The molecule has 0 bridgehead atoms. The summed E-state index contributed by atoms with van der Waals surface area (Å²) >= 11 is 0. The quantitative estimate of drug-likeness (QED) is 0.942. The van der Waals surface area contributed by atoms with Gasteiger partial charge in [0.1, 0.15) is 5.56 Å². The largest absolute Gasteiger partial charge is 0.478 e. The van der Waals surface area contributed by atoms with Gasteiger partial charge < -0.3 is 5.11 Å². The van der Waals surface area contributed by atoms with Crippen molar-refractivity contribution in [3.63, 3.8) is 0 Å². The van der Waals surface area contributed by atoms with Crippen molar-refractivity contribution < 1.29 is 23.1 Å². The molecule has 0 aliphatic rings. The van der Waals surface area contributed by atoms with E-state index in [2.05, 4.69) is 5.10 Å². The smallest absolute Gasteiger partial charge is 0.433 e. The maximum absolute atomic E-state index is 12.9. The van der Waals surface area contributed by atoms with Crippen LogP contribution in [0.15, 0.2) is 30.5 Å². The number of benzene rings is 1. The summed E-state index contributed by atoms with van der Waals surface area (Å²) in [6, 6.07) is 6.89. The van der Waals surface area contributed by atoms with Crippen LogP contribution in [0.5, 0.6) is 0 Å². The molecule has 0 fully saturated rings. The maximum Gasteiger partial charge on any atom is 0.433 e. The van der Waals surface area contributed by atoms with Gasteiger partial charge in [0.05, 0.1) is 12.7 Å². The van der Waals surface area contributed by atoms with E-state index in [1.54, 1.807) is 24.3 Å². The molecular formula is C13H11F3N2O2. The van der Waals surface area contributed by atoms with E-state index in [1.807, 2.05) is 6.92 Å². The Morgan fingerprint density at radius 1 is 1.30 bits per heavy atom. The number of carboxylic acid groups (broad SMARTS) is 1. The Labute approximate surface area is 112 Å². The van der Waals surface area contributed by atoms with Crippen LogP contribution < -0.4 is 0 Å². The fraction of sp³-hybridized carbons (Fsp3) is 0.231. The number of rotatable bonds is 3. The summed E-state index contributed by atoms with van der Waals surface area (Å²) in [7, 11) is 0. The lowest BCUT2D eigenvalue weighted by Gasteiger charge is -2.11. The third-order valence-corrected chi connectivity index (χ3v) is 2.79. The normalized spacial score (nSPS) is 11.6. The van der Waals surface area contributed by atoms with E-state index in [0.29, 0.717) is 10.2 Å². The minimum atomic E-state index is -4.77. The number of halogens is 3. The second-order valence-corrected chi connectivity index (χ2v) is 4.35. The standard InChI is InChI=1S/C13H11F3N2O2/c1-8-2-4-9(5-3-8)7-18-11(13(14,15)16)10(6-17-18)12(19)20/h2-6H,7H2,1H3,(H,19,20). The first kappa shape index (κ1) is 14.1. The molecular weight excluding hydrogens is 273 g/mol. The van der Waals surface area contributed by atoms with Gasteiger partial charge in [-0.15, -0.1) is 0 Å². The minimum Gasteiger partial charge on any atom is -0.478 e. The molecule has 1 N–H and O–H groups in total. The van der Waals surface area contributed by atoms with Crippen LogP contribution in [0.4, 0.5) is 13.2 Å². The van der Waals surface area contributed by atoms with Crippen LogP contribution in [-0.2, 0) is 12.7 Å². The zero-order chi connectivity index (χ0) is 14.9. The second kappa shape index (κ2) is 4.99. The first-order valence-corrected chi connectivity index (χ1v) is 5.71. The number of hydrogen-bond donors (Lipinski definition) is 1. The van der Waals surface area contributed by atoms with Gasteiger partial charge in [-0.1, -0.05) is 29.8 Å². The minimum absolute atomic E-state index is 0.137. The second-order valence-electron chi connectivity index (χ2n) is 4.35. The molecule has 0 saturated heterocycles. The van der Waals surface area contributed by atoms with Gasteiger partial charge in [-0.3, -0.25) is 4.68 Å². The molecule has 0 unspecified atom stereocenters. The molecule has 0 spiro atoms. The molecule has 0 aliphatic heterocycles. The van der Waals surface area contributed by atoms with Gasteiger partial charge in [0.15, 0.2) is 5.69 Å². The van der Waals surface area contributed by atoms with Crippen molar-refractivity contribution in [2.45, 2.75) is 19.6 Å². The molecule has 20 heavy (non-hydrogen) atoms. The number of nitrogens with zero attached hydrogens (tertiary/aromatic N) is 2. The first-order valence-electron chi connectivity index (χ1n) is 5.71. The summed E-state index contributed by atoms with van der Waals surface area (Å²) in [6.45, 7) is 1.73. The van der Waals surface area contributed by atoms with Crippen molar-refractivity contribution in [1.29, 1.82) is 0 Å². The van der Waals surface area contributed by atoms with Gasteiger partial charge in [-0.2, -0.15) is 18.3 Å². The summed E-state index contributed by atoms with van der Waals surface area (Å²) in [6.07, 6.45) is -4.05. The van der Waals surface area contributed by atoms with Gasteiger partial charge >= 0.3 is 12.1 Å². The third-order valence-electron chi connectivity index (χ3n) is 2.79. The topological polar surface area (TPSA) is 55.1 Å². The van der Waals surface area contributed by atoms with Crippen LogP contribution >= 0.6 is 0 Å². The molecule has 0 amide bonds. The first-order chi connectivity index (χ1) is 9.29. The van der Waals surface area contributed by atoms with Crippen LogP contribution in [0.2, 0.25) is 0 Å². The summed E-state index contributed by atoms with van der Waals surface area (Å²) in [5, 5.41) is 12.3. The van der Waals surface area contributed by atoms with E-state index in [9.17, 15) is 18.0 Å². The third kappa shape index (κ3) is 2.81. The monoisotopic (exact) mass is 284 g/mol. The number of carbonyl (C=O) groups is 1. The zero-order valence-corrected chi connectivity index (χ0v) is 10.5. The Kier molecular flexibility index (Phi) is 3.52. The Bertz CT molecular complexity index is 630. The van der Waals surface area contributed by atoms with Crippen molar-refractivity contribution in [2.75, 3.05) is 0 Å². The fourth-order valence-corrected chi connectivity index (χ4v) is 1.83. The van der Waals surface area contributed by atoms with Gasteiger partial charge in [0, 0.05) is 0 Å². The molecule has 7 heteroatoms. The molecule has 106 valence electrons. The van der Waals surface area contributed by atoms with Crippen LogP contribution in [0.1, 0.15) is 27.2 Å². The van der Waals surface area contributed by atoms with E-state index in [-0.39, 0.29) is 6.54 Å². The highest BCUT2D eigenvalue weighted by Gasteiger charge is 2.40. The number of aromatic nitrogens is 2. The van der Waals surface area contributed by atoms with Crippen LogP contribution in [-0.4, -0.2) is 20.9 Å². The van der Waals surface area contributed by atoms with Crippen molar-refractivity contribution in [3.05, 3.63) is 52.8 Å². The van der Waals surface area contributed by atoms with Gasteiger partial charge in [-0.05, 0) is 12.5 Å². The average Bonchev–Trinajstić information content (AvgIpc) is 2.76. The molecule has 0 saturated carbocycles. The lowest BCUT2D eigenvalue weighted by atomic mass is 10.1. The van der Waals surface area contributed by atoms with Crippen LogP contribution in [0, 0.1) is 6.92 Å². The molecule has 1 aromatic carbocycles. The Balaban J connectivity index is 2.42. The van der Waals surface area contributed by atoms with Gasteiger partial charge in [-0.25, -0.2) is 4.79 Å². The molecule has 2 rings (SSSR count). The number of alkyl halides is 3. The maximum atomic E-state index is 12.9. The molecule has 0 atom stereocenters. The zero-order valence-electron chi connectivity index (χ0n) is 10.5. The lowest BCUT2D eigenvalue weighted by Crippen LogP contribution is -2.18. The summed E-state index contributed by atoms with van der Waals surface area (Å²) in [5.74, 6) is -1.65. The molecule has 0 aliphatic carbocycles. The number of carboxylic acids is 1. The van der Waals surface area contributed by atoms with E-state index in [4.69, 9.17) is 5.11 Å². The highest BCUT2D eigenvalue weighted by molar-refractivity contribution is 5.88. The van der Waals surface area contributed by atoms with Gasteiger partial charge in [0.2, 0.25) is 0 Å². The highest BCUT2D eigenvalue weighted by Crippen LogP contribution is 2.32. The summed E-state index contributed by atoms with van der Waals surface area (Å²) < 4.78 is 39.5. The Morgan fingerprint density at radius 2 is 1.90 bits per heavy atom. The van der Waals surface area contributed by atoms with E-state index in [0.717, 1.165) is 11.8 Å². The van der Waals surface area contributed by atoms with Gasteiger partial charge in [0.25, 0.3) is 0 Å². The summed E-state index contributed by atoms with van der Waals surface area (Å²) in [4.78, 5) is 10.8. The predicted octanol–water partition coefficient (Wildman–Crippen LogP) is 2.96. The van der Waals surface area contributed by atoms with Crippen LogP contribution in [0.3, 0.4) is 0 Å². The number of aromatic carboxylic acids is 1. The number of aryl methyl sites for hydroxylation is 1. The van der Waals surface area contributed by atoms with Crippen molar-refractivity contribution in [1.82, 2.24) is 9.78 Å². The van der Waals surface area contributed by atoms with E-state index in [1.165, 1.54) is 0 Å². The van der Waals surface area contributed by atoms with E-state index >= 15 is 0 Å². The Hall–Kier alpha value is -2.31. The average molecular weight is 284 g/mol. The molecule has 1 aromatic heterocycles. The van der Waals surface area contributed by atoms with Crippen molar-refractivity contribution >= 4 is 5.97 Å². The lowest BCUT2D eigenvalue weighted by molar-refractivity contribution is -0.144. The molecule has 0 radical (unpaired) electrons. The molecule has 2 aromatic rings. The summed E-state index contributed by atoms with van der Waals surface area (Å²) in [5.41, 5.74) is -0.493. The predicted molar refractivity (Wildman–Crippen MR) is 64.5 cm³/mol. The Morgan fingerprint density at radius 3 is 2.40 bits per heavy atom.